The van der Waals surface area contributed by atoms with Crippen molar-refractivity contribution in [1.29, 1.82) is 0 Å². The average Bonchev–Trinajstić information content (AvgIpc) is 2.77. The Morgan fingerprint density at radius 1 is 1.17 bits per heavy atom. The minimum absolute atomic E-state index is 0.450. The van der Waals surface area contributed by atoms with E-state index >= 15 is 0 Å². The molecule has 0 amide bonds. The number of hydrogen-bond acceptors (Lipinski definition) is 4. The van der Waals surface area contributed by atoms with Gasteiger partial charge in [-0.25, -0.2) is 0 Å². The Bertz CT molecular complexity index is 967. The lowest BCUT2D eigenvalue weighted by Crippen LogP contribution is -2.16. The predicted octanol–water partition coefficient (Wildman–Crippen LogP) is 7.75. The van der Waals surface area contributed by atoms with Gasteiger partial charge in [0.05, 0.1) is 11.3 Å². The number of aliphatic hydroxyl groups is 1. The summed E-state index contributed by atoms with van der Waals surface area (Å²) in [6.45, 7) is 20.0. The maximum absolute atomic E-state index is 9.02. The molecular formula is C31H47N3O. The minimum atomic E-state index is -0.450. The van der Waals surface area contributed by atoms with Crippen LogP contribution in [0.4, 0.5) is 0 Å². The van der Waals surface area contributed by atoms with Crippen LogP contribution in [0.25, 0.3) is 11.3 Å². The van der Waals surface area contributed by atoms with Crippen molar-refractivity contribution in [2.45, 2.75) is 66.4 Å². The quantitative estimate of drug-likeness (QED) is 0.262. The van der Waals surface area contributed by atoms with E-state index < -0.39 is 5.60 Å². The molecule has 0 fully saturated rings. The van der Waals surface area contributed by atoms with Gasteiger partial charge in [0.15, 0.2) is 0 Å². The van der Waals surface area contributed by atoms with E-state index in [0.717, 1.165) is 58.5 Å². The molecule has 0 spiro atoms. The van der Waals surface area contributed by atoms with E-state index in [4.69, 9.17) is 10.1 Å². The molecule has 192 valence electrons. The lowest BCUT2D eigenvalue weighted by Gasteiger charge is -2.14. The summed E-state index contributed by atoms with van der Waals surface area (Å²) in [6.07, 6.45) is 12.9. The summed E-state index contributed by atoms with van der Waals surface area (Å²) in [5.41, 5.74) is 6.50. The largest absolute Gasteiger partial charge is 0.390 e. The lowest BCUT2D eigenvalue weighted by molar-refractivity contribution is 0.0703. The monoisotopic (exact) mass is 477 g/mol. The smallest absolute Gasteiger partial charge is 0.0633 e. The standard InChI is InChI=1S/C25H33N3.C6H14O/c1-9-13-24(17-26-6)25(11-3)20(5)27-19(4)22-14-12-15-23(16-22)21(10-2)18-28(7)8;1-4-5-6(2,3)7/h10-18H,2,4,9H2,1,3,5-8H3;7H,4-5H2,1-3H3/b21-18+,24-13+,25-11+,26-17?,27-20?;. The van der Waals surface area contributed by atoms with E-state index in [1.807, 2.05) is 77.3 Å². The molecule has 1 aromatic rings. The molecule has 0 aliphatic carbocycles. The second kappa shape index (κ2) is 16.6. The molecule has 4 nitrogen and oxygen atoms in total. The van der Waals surface area contributed by atoms with Gasteiger partial charge in [-0.15, -0.1) is 0 Å². The van der Waals surface area contributed by atoms with Crippen LogP contribution in [-0.4, -0.2) is 48.7 Å². The van der Waals surface area contributed by atoms with E-state index in [9.17, 15) is 0 Å². The van der Waals surface area contributed by atoms with Crippen LogP contribution in [0.2, 0.25) is 0 Å². The fraction of sp³-hybridized carbons (Fsp3) is 0.419. The summed E-state index contributed by atoms with van der Waals surface area (Å²) in [6, 6.07) is 8.23. The van der Waals surface area contributed by atoms with Gasteiger partial charge in [-0.3, -0.25) is 9.98 Å². The van der Waals surface area contributed by atoms with Crippen LogP contribution in [0, 0.1) is 0 Å². The third-order valence-electron chi connectivity index (χ3n) is 4.99. The van der Waals surface area contributed by atoms with Crippen LogP contribution in [-0.2, 0) is 0 Å². The van der Waals surface area contributed by atoms with E-state index in [1.54, 1.807) is 7.05 Å². The molecule has 0 aliphatic rings. The first kappa shape index (κ1) is 32.0. The highest BCUT2D eigenvalue weighted by molar-refractivity contribution is 6.10. The highest BCUT2D eigenvalue weighted by atomic mass is 16.3. The SMILES string of the molecule is C=C/C(=C\N(C)C)c1cccc(C(=C)N=C(C)C(=C\C)/C(C=NC)=C/CC)c1.CCCC(C)(C)O. The number of nitrogens with zero attached hydrogens (tertiary/aromatic N) is 3. The Kier molecular flexibility index (Phi) is 15.2. The molecule has 0 bridgehead atoms. The van der Waals surface area contributed by atoms with Crippen LogP contribution in [0.15, 0.2) is 83.0 Å². The highest BCUT2D eigenvalue weighted by Gasteiger charge is 2.09. The zero-order valence-corrected chi connectivity index (χ0v) is 23.5. The number of hydrogen-bond donors (Lipinski definition) is 1. The van der Waals surface area contributed by atoms with Gasteiger partial charge in [-0.1, -0.05) is 69.9 Å². The number of aliphatic imine (C=N–C) groups is 2. The number of allylic oxidation sites excluding steroid dienone is 6. The summed E-state index contributed by atoms with van der Waals surface area (Å²) in [4.78, 5) is 11.0. The molecule has 0 heterocycles. The van der Waals surface area contributed by atoms with Crippen LogP contribution in [0.3, 0.4) is 0 Å². The summed E-state index contributed by atoms with van der Waals surface area (Å²) in [7, 11) is 5.78. The first-order valence-corrected chi connectivity index (χ1v) is 12.3. The molecule has 1 N–H and O–H groups in total. The van der Waals surface area contributed by atoms with Crippen molar-refractivity contribution >= 4 is 23.2 Å². The molecule has 1 rings (SSSR count). The first-order chi connectivity index (χ1) is 16.4. The minimum Gasteiger partial charge on any atom is -0.390 e. The third kappa shape index (κ3) is 12.9. The summed E-state index contributed by atoms with van der Waals surface area (Å²) >= 11 is 0. The van der Waals surface area contributed by atoms with Crippen molar-refractivity contribution in [3.8, 4) is 0 Å². The fourth-order valence-electron chi connectivity index (χ4n) is 3.52. The molecule has 1 aromatic carbocycles. The van der Waals surface area contributed by atoms with Gasteiger partial charge in [0, 0.05) is 44.8 Å². The normalized spacial score (nSPS) is 13.4. The maximum atomic E-state index is 9.02. The molecule has 0 unspecified atom stereocenters. The summed E-state index contributed by atoms with van der Waals surface area (Å²) < 4.78 is 0. The Hall–Kier alpha value is -2.98. The fourth-order valence-corrected chi connectivity index (χ4v) is 3.52. The van der Waals surface area contributed by atoms with Crippen LogP contribution in [0.5, 0.6) is 0 Å². The molecule has 35 heavy (non-hydrogen) atoms. The van der Waals surface area contributed by atoms with Gasteiger partial charge < -0.3 is 10.0 Å². The zero-order chi connectivity index (χ0) is 27.0. The van der Waals surface area contributed by atoms with Crippen LogP contribution in [0.1, 0.15) is 71.9 Å². The lowest BCUT2D eigenvalue weighted by atomic mass is 10.0. The van der Waals surface area contributed by atoms with Crippen LogP contribution < -0.4 is 0 Å². The topological polar surface area (TPSA) is 48.2 Å². The average molecular weight is 478 g/mol. The van der Waals surface area contributed by atoms with Crippen molar-refractivity contribution in [1.82, 2.24) is 4.90 Å². The Morgan fingerprint density at radius 2 is 1.80 bits per heavy atom. The van der Waals surface area contributed by atoms with Crippen molar-refractivity contribution in [3.63, 3.8) is 0 Å². The third-order valence-corrected chi connectivity index (χ3v) is 4.99. The second-order valence-corrected chi connectivity index (χ2v) is 9.20. The van der Waals surface area contributed by atoms with Gasteiger partial charge in [-0.2, -0.15) is 0 Å². The Balaban J connectivity index is 0.00000143. The predicted molar refractivity (Wildman–Crippen MR) is 158 cm³/mol. The molecule has 0 aliphatic heterocycles. The van der Waals surface area contributed by atoms with Crippen LogP contribution >= 0.6 is 0 Å². The first-order valence-electron chi connectivity index (χ1n) is 12.3. The molecule has 0 atom stereocenters. The van der Waals surface area contributed by atoms with Crippen molar-refractivity contribution in [3.05, 3.63) is 84.1 Å². The zero-order valence-electron chi connectivity index (χ0n) is 23.5. The van der Waals surface area contributed by atoms with Gasteiger partial charge >= 0.3 is 0 Å². The van der Waals surface area contributed by atoms with Gasteiger partial charge in [0.2, 0.25) is 0 Å². The van der Waals surface area contributed by atoms with Gasteiger partial charge in [0.25, 0.3) is 0 Å². The molecule has 4 heteroatoms. The van der Waals surface area contributed by atoms with E-state index in [1.165, 1.54) is 0 Å². The number of rotatable bonds is 11. The van der Waals surface area contributed by atoms with Crippen molar-refractivity contribution in [2.75, 3.05) is 21.1 Å². The van der Waals surface area contributed by atoms with Crippen molar-refractivity contribution < 1.29 is 5.11 Å². The van der Waals surface area contributed by atoms with Crippen molar-refractivity contribution in [2.24, 2.45) is 9.98 Å². The summed E-state index contributed by atoms with van der Waals surface area (Å²) in [5, 5.41) is 9.02. The molecule has 0 saturated heterocycles. The van der Waals surface area contributed by atoms with Gasteiger partial charge in [-0.05, 0) is 68.9 Å². The van der Waals surface area contributed by atoms with E-state index in [2.05, 4.69) is 56.3 Å². The number of benzene rings is 1. The molecular weight excluding hydrogens is 430 g/mol. The van der Waals surface area contributed by atoms with E-state index in [-0.39, 0.29) is 0 Å². The highest BCUT2D eigenvalue weighted by Crippen LogP contribution is 2.23. The summed E-state index contributed by atoms with van der Waals surface area (Å²) in [5.74, 6) is 0. The van der Waals surface area contributed by atoms with E-state index in [0.29, 0.717) is 0 Å². The maximum Gasteiger partial charge on any atom is 0.0633 e. The van der Waals surface area contributed by atoms with Gasteiger partial charge in [0.1, 0.15) is 0 Å². The molecule has 0 saturated carbocycles. The Morgan fingerprint density at radius 3 is 2.23 bits per heavy atom. The second-order valence-electron chi connectivity index (χ2n) is 9.20. The Labute approximate surface area is 214 Å². The molecule has 0 aromatic heterocycles. The molecule has 0 radical (unpaired) electrons.